The van der Waals surface area contributed by atoms with Crippen molar-refractivity contribution in [2.24, 2.45) is 0 Å². The molecule has 14 heavy (non-hydrogen) atoms. The Kier molecular flexibility index (Phi) is 3.04. The molecule has 0 aliphatic carbocycles. The Hall–Kier alpha value is 1.02. The van der Waals surface area contributed by atoms with Gasteiger partial charge in [0.2, 0.25) is 0 Å². The van der Waals surface area contributed by atoms with E-state index < -0.39 is 57.7 Å². The van der Waals surface area contributed by atoms with Crippen LogP contribution in [-0.4, -0.2) is 57.7 Å². The standard InChI is InChI=1S/C4F8Te2/c5-1(6,7)3(11)13-4(12,14-3)2(8,9)10. The average molecular weight is 455 g/mol. The van der Waals surface area contributed by atoms with Gasteiger partial charge in [-0.25, -0.2) is 0 Å². The van der Waals surface area contributed by atoms with Gasteiger partial charge in [0.05, 0.1) is 0 Å². The van der Waals surface area contributed by atoms with E-state index in [1.54, 1.807) is 0 Å². The van der Waals surface area contributed by atoms with Crippen molar-refractivity contribution in [1.29, 1.82) is 0 Å². The molecule has 1 aliphatic rings. The van der Waals surface area contributed by atoms with E-state index in [1.807, 2.05) is 0 Å². The number of alkyl halides is 8. The molecule has 0 aromatic heterocycles. The molecule has 0 aromatic rings. The van der Waals surface area contributed by atoms with Gasteiger partial charge in [-0.2, -0.15) is 0 Å². The summed E-state index contributed by atoms with van der Waals surface area (Å²) in [5.74, 6) is 0. The van der Waals surface area contributed by atoms with Gasteiger partial charge in [-0.3, -0.25) is 0 Å². The molecule has 0 aromatic carbocycles. The van der Waals surface area contributed by atoms with Crippen molar-refractivity contribution in [3.05, 3.63) is 0 Å². The summed E-state index contributed by atoms with van der Waals surface area (Å²) in [4.78, 5) is 0. The fourth-order valence-corrected chi connectivity index (χ4v) is 11.1. The van der Waals surface area contributed by atoms with Crippen molar-refractivity contribution in [1.82, 2.24) is 0 Å². The number of hydrogen-bond donors (Lipinski definition) is 0. The van der Waals surface area contributed by atoms with Crippen LogP contribution >= 0.6 is 0 Å². The predicted octanol–water partition coefficient (Wildman–Crippen LogP) is 1.78. The molecule has 0 bridgehead atoms. The molecule has 1 saturated heterocycles. The van der Waals surface area contributed by atoms with Crippen molar-refractivity contribution in [2.45, 2.75) is 15.9 Å². The van der Waals surface area contributed by atoms with E-state index in [9.17, 15) is 35.1 Å². The van der Waals surface area contributed by atoms with Gasteiger partial charge in [0.15, 0.2) is 0 Å². The molecule has 0 unspecified atom stereocenters. The van der Waals surface area contributed by atoms with Crippen LogP contribution in [0.25, 0.3) is 0 Å². The van der Waals surface area contributed by atoms with E-state index >= 15 is 0 Å². The summed E-state index contributed by atoms with van der Waals surface area (Å²) < 4.78 is 88.4. The molecule has 0 nitrogen and oxygen atoms in total. The topological polar surface area (TPSA) is 0 Å². The molecule has 1 rings (SSSR count). The van der Waals surface area contributed by atoms with Crippen molar-refractivity contribution in [3.63, 3.8) is 0 Å². The first kappa shape index (κ1) is 13.1. The van der Waals surface area contributed by atoms with Crippen molar-refractivity contribution >= 4 is 41.8 Å². The summed E-state index contributed by atoms with van der Waals surface area (Å²) in [7, 11) is 0. The van der Waals surface area contributed by atoms with E-state index in [4.69, 9.17) is 0 Å². The molecule has 10 heteroatoms. The van der Waals surface area contributed by atoms with Crippen LogP contribution in [0.1, 0.15) is 0 Å². The SMILES string of the molecule is FC(F)(F)C1(F)[Te]C(F)(C(F)(F)F)[Te]1. The second-order valence-electron chi connectivity index (χ2n) is 2.27. The Bertz CT molecular complexity index is 211. The maximum absolute atomic E-state index is 12.7. The van der Waals surface area contributed by atoms with Gasteiger partial charge in [0, 0.05) is 0 Å². The van der Waals surface area contributed by atoms with Crippen molar-refractivity contribution in [3.8, 4) is 0 Å². The normalized spacial score (nSPS) is 39.4. The summed E-state index contributed by atoms with van der Waals surface area (Å²) in [6.07, 6.45) is -10.7. The molecule has 1 aliphatic heterocycles. The van der Waals surface area contributed by atoms with E-state index in [-0.39, 0.29) is 0 Å². The molecule has 1 fully saturated rings. The summed E-state index contributed by atoms with van der Waals surface area (Å²) >= 11 is -6.81. The fraction of sp³-hybridized carbons (Fsp3) is 1.00. The minimum atomic E-state index is -5.34. The molecule has 0 N–H and O–H groups in total. The third kappa shape index (κ3) is 1.95. The second-order valence-corrected chi connectivity index (χ2v) is 14.9. The number of rotatable bonds is 0. The Morgan fingerprint density at radius 1 is 0.643 bits per heavy atom. The van der Waals surface area contributed by atoms with Gasteiger partial charge in [-0.1, -0.05) is 0 Å². The average Bonchev–Trinajstić information content (AvgIpc) is 1.78. The Balaban J connectivity index is 2.76. The summed E-state index contributed by atoms with van der Waals surface area (Å²) in [5, 5.41) is 0. The van der Waals surface area contributed by atoms with Crippen LogP contribution in [-0.2, 0) is 0 Å². The van der Waals surface area contributed by atoms with Crippen LogP contribution in [0.5, 0.6) is 0 Å². The van der Waals surface area contributed by atoms with Gasteiger partial charge in [-0.05, 0) is 0 Å². The number of halogens is 8. The molecule has 0 saturated carbocycles. The van der Waals surface area contributed by atoms with Gasteiger partial charge in [0.25, 0.3) is 0 Å². The molecule has 1 heterocycles. The maximum atomic E-state index is 12.7. The first-order valence-corrected chi connectivity index (χ1v) is 7.49. The first-order chi connectivity index (χ1) is 5.91. The van der Waals surface area contributed by atoms with E-state index in [0.717, 1.165) is 0 Å². The van der Waals surface area contributed by atoms with Gasteiger partial charge in [-0.15, -0.1) is 0 Å². The quantitative estimate of drug-likeness (QED) is 0.386. The van der Waals surface area contributed by atoms with Crippen molar-refractivity contribution in [2.75, 3.05) is 0 Å². The zero-order chi connectivity index (χ0) is 11.4. The van der Waals surface area contributed by atoms with Crippen LogP contribution in [0.3, 0.4) is 0 Å². The van der Waals surface area contributed by atoms with Crippen LogP contribution in [0.4, 0.5) is 35.1 Å². The van der Waals surface area contributed by atoms with E-state index in [2.05, 4.69) is 0 Å². The minimum absolute atomic E-state index is 3.41. The van der Waals surface area contributed by atoms with Crippen molar-refractivity contribution < 1.29 is 35.1 Å². The molecule has 0 amide bonds. The predicted molar refractivity (Wildman–Crippen MR) is 31.3 cm³/mol. The van der Waals surface area contributed by atoms with Crippen LogP contribution < -0.4 is 0 Å². The fourth-order valence-electron chi connectivity index (χ4n) is 0.577. The number of hydrogen-bond acceptors (Lipinski definition) is 0. The second kappa shape index (κ2) is 3.25. The summed E-state index contributed by atoms with van der Waals surface area (Å²) in [6.45, 7) is 0. The Morgan fingerprint density at radius 3 is 1.00 bits per heavy atom. The third-order valence-corrected chi connectivity index (χ3v) is 13.2. The monoisotopic (exact) mass is 460 g/mol. The van der Waals surface area contributed by atoms with Gasteiger partial charge in [0.1, 0.15) is 0 Å². The van der Waals surface area contributed by atoms with Gasteiger partial charge < -0.3 is 0 Å². The van der Waals surface area contributed by atoms with Gasteiger partial charge >= 0.3 is 92.9 Å². The Labute approximate surface area is 92.6 Å². The van der Waals surface area contributed by atoms with E-state index in [1.165, 1.54) is 0 Å². The zero-order valence-electron chi connectivity index (χ0n) is 5.84. The summed E-state index contributed by atoms with van der Waals surface area (Å²) in [6, 6.07) is 0. The molecular formula is C4F8Te2. The third-order valence-electron chi connectivity index (χ3n) is 1.20. The molecular weight excluding hydrogens is 455 g/mol. The molecule has 84 valence electrons. The van der Waals surface area contributed by atoms with Crippen LogP contribution in [0.15, 0.2) is 0 Å². The Morgan fingerprint density at radius 2 is 0.857 bits per heavy atom. The molecule has 0 spiro atoms. The molecule has 0 atom stereocenters. The first-order valence-electron chi connectivity index (χ1n) is 2.83. The van der Waals surface area contributed by atoms with E-state index in [0.29, 0.717) is 0 Å². The zero-order valence-corrected chi connectivity index (χ0v) is 10.5. The summed E-state index contributed by atoms with van der Waals surface area (Å²) in [5.41, 5.74) is 0. The van der Waals surface area contributed by atoms with Crippen LogP contribution in [0.2, 0.25) is 0 Å². The van der Waals surface area contributed by atoms with Crippen LogP contribution in [0, 0.1) is 0 Å². The molecule has 0 radical (unpaired) electrons.